The van der Waals surface area contributed by atoms with Gasteiger partial charge in [-0.25, -0.2) is 0 Å². The van der Waals surface area contributed by atoms with E-state index in [0.29, 0.717) is 5.50 Å². The van der Waals surface area contributed by atoms with E-state index in [1.165, 1.54) is 58.4 Å². The molecule has 2 aliphatic rings. The Morgan fingerprint density at radius 1 is 1.00 bits per heavy atom. The number of rotatable bonds is 3. The van der Waals surface area contributed by atoms with Gasteiger partial charge < -0.3 is 4.90 Å². The fourth-order valence-electron chi connectivity index (χ4n) is 2.31. The predicted octanol–water partition coefficient (Wildman–Crippen LogP) is 1.74. The summed E-state index contributed by atoms with van der Waals surface area (Å²) in [6.07, 6.45) is 5.25. The smallest absolute Gasteiger partial charge is 0.0851 e. The van der Waals surface area contributed by atoms with Crippen molar-refractivity contribution in [2.24, 2.45) is 0 Å². The van der Waals surface area contributed by atoms with Crippen LogP contribution in [0.3, 0.4) is 0 Å². The first-order valence-electron chi connectivity index (χ1n) is 5.47. The summed E-state index contributed by atoms with van der Waals surface area (Å²) >= 11 is 6.17. The molecule has 3 heteroatoms. The largest absolute Gasteiger partial charge is 0.302 e. The van der Waals surface area contributed by atoms with E-state index < -0.39 is 0 Å². The van der Waals surface area contributed by atoms with Crippen LogP contribution in [0.15, 0.2) is 0 Å². The van der Waals surface area contributed by atoms with Crippen LogP contribution in [0.25, 0.3) is 0 Å². The highest BCUT2D eigenvalue weighted by molar-refractivity contribution is 6.20. The molecule has 0 amide bonds. The van der Waals surface area contributed by atoms with Gasteiger partial charge in [-0.15, -0.1) is 11.6 Å². The lowest BCUT2D eigenvalue weighted by Crippen LogP contribution is -2.34. The molecule has 1 atom stereocenters. The van der Waals surface area contributed by atoms with Gasteiger partial charge in [0.1, 0.15) is 0 Å². The van der Waals surface area contributed by atoms with Gasteiger partial charge in [-0.3, -0.25) is 4.90 Å². The van der Waals surface area contributed by atoms with Crippen molar-refractivity contribution in [1.29, 1.82) is 0 Å². The number of nitrogens with zero attached hydrogens (tertiary/aromatic N) is 2. The second-order valence-electron chi connectivity index (χ2n) is 4.16. The topological polar surface area (TPSA) is 6.48 Å². The Morgan fingerprint density at radius 2 is 1.77 bits per heavy atom. The number of likely N-dealkylation sites (tertiary alicyclic amines) is 2. The first kappa shape index (κ1) is 9.75. The van der Waals surface area contributed by atoms with E-state index in [1.54, 1.807) is 0 Å². The van der Waals surface area contributed by atoms with Gasteiger partial charge in [-0.2, -0.15) is 0 Å². The van der Waals surface area contributed by atoms with E-state index >= 15 is 0 Å². The Labute approximate surface area is 85.8 Å². The van der Waals surface area contributed by atoms with E-state index in [2.05, 4.69) is 9.80 Å². The summed E-state index contributed by atoms with van der Waals surface area (Å²) in [4.78, 5) is 4.97. The standard InChI is InChI=1S/C10H19ClN2/c11-10-4-3-7-13(10)9-8-12-5-1-2-6-12/h10H,1-9H2. The Bertz CT molecular complexity index is 157. The van der Waals surface area contributed by atoms with Gasteiger partial charge in [0.2, 0.25) is 0 Å². The van der Waals surface area contributed by atoms with Crippen LogP contribution in [0.5, 0.6) is 0 Å². The van der Waals surface area contributed by atoms with Crippen LogP contribution in [0, 0.1) is 0 Å². The zero-order valence-corrected chi connectivity index (χ0v) is 8.97. The second-order valence-corrected chi connectivity index (χ2v) is 4.67. The summed E-state index contributed by atoms with van der Waals surface area (Å²) in [5.41, 5.74) is 0.322. The van der Waals surface area contributed by atoms with Gasteiger partial charge in [0, 0.05) is 13.1 Å². The number of alkyl halides is 1. The number of hydrogen-bond donors (Lipinski definition) is 0. The van der Waals surface area contributed by atoms with Gasteiger partial charge >= 0.3 is 0 Å². The number of halogens is 1. The van der Waals surface area contributed by atoms with Crippen LogP contribution < -0.4 is 0 Å². The molecular formula is C10H19ClN2. The minimum Gasteiger partial charge on any atom is -0.302 e. The summed E-state index contributed by atoms with van der Waals surface area (Å²) < 4.78 is 0. The maximum Gasteiger partial charge on any atom is 0.0851 e. The monoisotopic (exact) mass is 202 g/mol. The third-order valence-corrected chi connectivity index (χ3v) is 3.68. The van der Waals surface area contributed by atoms with Crippen LogP contribution in [0.1, 0.15) is 25.7 Å². The van der Waals surface area contributed by atoms with Crippen LogP contribution in [-0.4, -0.2) is 48.0 Å². The van der Waals surface area contributed by atoms with E-state index in [4.69, 9.17) is 11.6 Å². The Hall–Kier alpha value is 0.210. The summed E-state index contributed by atoms with van der Waals surface area (Å²) in [5, 5.41) is 0. The van der Waals surface area contributed by atoms with E-state index in [0.717, 1.165) is 0 Å². The fraction of sp³-hybridized carbons (Fsp3) is 1.00. The molecule has 0 N–H and O–H groups in total. The Balaban J connectivity index is 1.66. The normalized spacial score (nSPS) is 31.6. The SMILES string of the molecule is ClC1CCCN1CCN1CCCC1. The summed E-state index contributed by atoms with van der Waals surface area (Å²) in [6, 6.07) is 0. The first-order chi connectivity index (χ1) is 6.36. The van der Waals surface area contributed by atoms with Crippen molar-refractivity contribution in [3.63, 3.8) is 0 Å². The molecule has 0 bridgehead atoms. The highest BCUT2D eigenvalue weighted by atomic mass is 35.5. The molecule has 2 aliphatic heterocycles. The molecule has 0 spiro atoms. The molecule has 2 saturated heterocycles. The molecular weight excluding hydrogens is 184 g/mol. The lowest BCUT2D eigenvalue weighted by atomic mass is 10.4. The molecule has 0 aromatic heterocycles. The van der Waals surface area contributed by atoms with E-state index in [-0.39, 0.29) is 0 Å². The first-order valence-corrected chi connectivity index (χ1v) is 5.90. The average Bonchev–Trinajstić information content (AvgIpc) is 2.72. The third-order valence-electron chi connectivity index (χ3n) is 3.19. The minimum atomic E-state index is 0.322. The highest BCUT2D eigenvalue weighted by Crippen LogP contribution is 2.20. The summed E-state index contributed by atoms with van der Waals surface area (Å²) in [6.45, 7) is 6.22. The van der Waals surface area contributed by atoms with Crippen molar-refractivity contribution in [1.82, 2.24) is 9.80 Å². The molecule has 0 saturated carbocycles. The second kappa shape index (κ2) is 4.63. The molecule has 0 aromatic rings. The third kappa shape index (κ3) is 2.58. The van der Waals surface area contributed by atoms with Gasteiger partial charge in [0.15, 0.2) is 0 Å². The molecule has 0 aliphatic carbocycles. The van der Waals surface area contributed by atoms with Gasteiger partial charge in [0.25, 0.3) is 0 Å². The van der Waals surface area contributed by atoms with Crippen LogP contribution in [0.4, 0.5) is 0 Å². The molecule has 2 rings (SSSR count). The quantitative estimate of drug-likeness (QED) is 0.508. The van der Waals surface area contributed by atoms with E-state index in [1.807, 2.05) is 0 Å². The molecule has 1 unspecified atom stereocenters. The number of hydrogen-bond acceptors (Lipinski definition) is 2. The average molecular weight is 203 g/mol. The summed E-state index contributed by atoms with van der Waals surface area (Å²) in [7, 11) is 0. The molecule has 2 fully saturated rings. The zero-order valence-electron chi connectivity index (χ0n) is 8.21. The van der Waals surface area contributed by atoms with Gasteiger partial charge in [-0.05, 0) is 45.3 Å². The molecule has 0 radical (unpaired) electrons. The lowest BCUT2D eigenvalue weighted by Gasteiger charge is -2.22. The van der Waals surface area contributed by atoms with Crippen LogP contribution in [-0.2, 0) is 0 Å². The molecule has 2 nitrogen and oxygen atoms in total. The maximum atomic E-state index is 6.17. The van der Waals surface area contributed by atoms with Crippen molar-refractivity contribution in [3.05, 3.63) is 0 Å². The van der Waals surface area contributed by atoms with Crippen molar-refractivity contribution in [2.75, 3.05) is 32.7 Å². The van der Waals surface area contributed by atoms with E-state index in [9.17, 15) is 0 Å². The van der Waals surface area contributed by atoms with Crippen molar-refractivity contribution < 1.29 is 0 Å². The van der Waals surface area contributed by atoms with Crippen molar-refractivity contribution >= 4 is 11.6 Å². The van der Waals surface area contributed by atoms with Gasteiger partial charge in [0.05, 0.1) is 5.50 Å². The summed E-state index contributed by atoms with van der Waals surface area (Å²) in [5.74, 6) is 0. The van der Waals surface area contributed by atoms with Crippen LogP contribution >= 0.6 is 11.6 Å². The van der Waals surface area contributed by atoms with Crippen molar-refractivity contribution in [3.8, 4) is 0 Å². The Morgan fingerprint density at radius 3 is 2.38 bits per heavy atom. The minimum absolute atomic E-state index is 0.322. The molecule has 13 heavy (non-hydrogen) atoms. The molecule has 2 heterocycles. The predicted molar refractivity (Wildman–Crippen MR) is 56.1 cm³/mol. The lowest BCUT2D eigenvalue weighted by molar-refractivity contribution is 0.245. The Kier molecular flexibility index (Phi) is 3.47. The molecule has 76 valence electrons. The zero-order chi connectivity index (χ0) is 9.10. The van der Waals surface area contributed by atoms with Crippen molar-refractivity contribution in [2.45, 2.75) is 31.2 Å². The maximum absolute atomic E-state index is 6.17. The molecule has 0 aromatic carbocycles. The van der Waals surface area contributed by atoms with Crippen LogP contribution in [0.2, 0.25) is 0 Å². The van der Waals surface area contributed by atoms with Gasteiger partial charge in [-0.1, -0.05) is 0 Å². The highest BCUT2D eigenvalue weighted by Gasteiger charge is 2.22. The fourth-order valence-corrected chi connectivity index (χ4v) is 2.66.